The van der Waals surface area contributed by atoms with Gasteiger partial charge in [-0.25, -0.2) is 23.0 Å². The summed E-state index contributed by atoms with van der Waals surface area (Å²) < 4.78 is 69.0. The molecule has 0 bridgehead atoms. The topological polar surface area (TPSA) is 382 Å². The van der Waals surface area contributed by atoms with E-state index in [0.717, 1.165) is 35.6 Å². The molecular weight excluding hydrogens is 989 g/mol. The number of aliphatic carboxylic acids is 1. The Kier molecular flexibility index (Phi) is 15.8. The number of nitrogens with one attached hydrogen (secondary N) is 3. The van der Waals surface area contributed by atoms with Gasteiger partial charge < -0.3 is 40.7 Å². The van der Waals surface area contributed by atoms with Gasteiger partial charge in [-0.1, -0.05) is 23.5 Å². The largest absolute Gasteiger partial charge is 0.495 e. The number of thiophene rings is 1. The second kappa shape index (κ2) is 21.9. The average molecular weight is 1020 g/mol. The SMILES string of the molecule is COc1ccc(Nc2nc(Nc3ccc(OC)c(S(=O)(=O)O)c3)c(C#N)c(C)c2N=Nc2sc(N=Nc3cc(C(=O)O)cc(C(=O)O)c3)c(-c3cccc(NC(=O)CCC(=O)O)c3)c2C#N)cc1[SH](=O)=O. The number of aromatic carboxylic acids is 2. The van der Waals surface area contributed by atoms with Gasteiger partial charge in [0, 0.05) is 34.6 Å². The lowest BCUT2D eigenvalue weighted by Crippen LogP contribution is -2.13. The van der Waals surface area contributed by atoms with Crippen molar-refractivity contribution in [2.24, 2.45) is 20.5 Å². The van der Waals surface area contributed by atoms with Crippen molar-refractivity contribution in [3.63, 3.8) is 0 Å². The van der Waals surface area contributed by atoms with Crippen molar-refractivity contribution in [3.05, 3.63) is 107 Å². The first-order chi connectivity index (χ1) is 33.7. The lowest BCUT2D eigenvalue weighted by atomic mass is 10.0. The molecule has 0 aliphatic heterocycles. The van der Waals surface area contributed by atoms with Crippen molar-refractivity contribution < 1.29 is 65.4 Å². The molecule has 0 saturated carbocycles. The van der Waals surface area contributed by atoms with Crippen LogP contribution in [0.4, 0.5) is 50.1 Å². The molecule has 0 aliphatic carbocycles. The van der Waals surface area contributed by atoms with E-state index in [-0.39, 0.29) is 101 Å². The highest BCUT2D eigenvalue weighted by molar-refractivity contribution is 7.86. The van der Waals surface area contributed by atoms with Gasteiger partial charge in [-0.3, -0.25) is 14.1 Å². The maximum absolute atomic E-state index is 12.6. The number of hydrogen-bond donors (Lipinski definition) is 8. The number of nitriles is 2. The zero-order valence-electron chi connectivity index (χ0n) is 36.7. The first kappa shape index (κ1) is 51.2. The van der Waals surface area contributed by atoms with Crippen LogP contribution in [-0.4, -0.2) is 79.7 Å². The monoisotopic (exact) mass is 1020 g/mol. The molecule has 2 heterocycles. The van der Waals surface area contributed by atoms with Gasteiger partial charge in [0.1, 0.15) is 49.7 Å². The van der Waals surface area contributed by atoms with Crippen LogP contribution in [0.5, 0.6) is 11.5 Å². The van der Waals surface area contributed by atoms with E-state index in [1.807, 2.05) is 6.07 Å². The number of carboxylic acid groups (broad SMARTS) is 3. The number of nitrogens with zero attached hydrogens (tertiary/aromatic N) is 7. The van der Waals surface area contributed by atoms with Gasteiger partial charge in [-0.05, 0) is 79.2 Å². The van der Waals surface area contributed by atoms with Crippen LogP contribution in [0.25, 0.3) is 11.1 Å². The molecule has 362 valence electrons. The van der Waals surface area contributed by atoms with Crippen molar-refractivity contribution >= 4 is 106 Å². The third kappa shape index (κ3) is 12.1. The molecule has 27 heteroatoms. The van der Waals surface area contributed by atoms with E-state index in [0.29, 0.717) is 0 Å². The Morgan fingerprint density at radius 1 is 0.746 bits per heavy atom. The highest BCUT2D eigenvalue weighted by Crippen LogP contribution is 2.49. The number of azo groups is 2. The number of rotatable bonds is 19. The van der Waals surface area contributed by atoms with Crippen molar-refractivity contribution in [1.29, 1.82) is 10.5 Å². The molecule has 71 heavy (non-hydrogen) atoms. The molecule has 0 unspecified atom stereocenters. The Morgan fingerprint density at radius 2 is 1.37 bits per heavy atom. The molecule has 0 aliphatic rings. The van der Waals surface area contributed by atoms with E-state index in [1.165, 1.54) is 75.7 Å². The Hall–Kier alpha value is -9.15. The van der Waals surface area contributed by atoms with Gasteiger partial charge in [-0.15, -0.1) is 20.5 Å². The minimum Gasteiger partial charge on any atom is -0.495 e. The Bertz CT molecular complexity index is 3480. The van der Waals surface area contributed by atoms with Crippen LogP contribution in [-0.2, 0) is 30.4 Å². The van der Waals surface area contributed by atoms with E-state index in [9.17, 15) is 61.3 Å². The fourth-order valence-corrected chi connectivity index (χ4v) is 8.69. The van der Waals surface area contributed by atoms with E-state index in [4.69, 9.17) is 14.6 Å². The van der Waals surface area contributed by atoms with Gasteiger partial charge in [-0.2, -0.15) is 18.9 Å². The fraction of sp³-hybridized carbons (Fsp3) is 0.114. The van der Waals surface area contributed by atoms with Crippen molar-refractivity contribution in [1.82, 2.24) is 4.98 Å². The number of hydrogen-bond acceptors (Lipinski definition) is 20. The van der Waals surface area contributed by atoms with E-state index >= 15 is 0 Å². The van der Waals surface area contributed by atoms with Crippen LogP contribution in [0, 0.1) is 29.6 Å². The van der Waals surface area contributed by atoms with E-state index in [2.05, 4.69) is 47.5 Å². The summed E-state index contributed by atoms with van der Waals surface area (Å²) in [5.41, 5.74) is -0.862. The van der Waals surface area contributed by atoms with Gasteiger partial charge >= 0.3 is 17.9 Å². The molecule has 0 fully saturated rings. The number of methoxy groups -OCH3 is 2. The van der Waals surface area contributed by atoms with Crippen LogP contribution in [0.3, 0.4) is 0 Å². The first-order valence-electron chi connectivity index (χ1n) is 19.9. The number of carbonyl (C=O) groups is 4. The number of anilines is 5. The van der Waals surface area contributed by atoms with Gasteiger partial charge in [0.05, 0.1) is 43.0 Å². The molecule has 6 rings (SSSR count). The van der Waals surface area contributed by atoms with Crippen molar-refractivity contribution in [2.45, 2.75) is 29.6 Å². The number of carboxylic acids is 3. The highest BCUT2D eigenvalue weighted by atomic mass is 32.2. The third-order valence-electron chi connectivity index (χ3n) is 9.76. The van der Waals surface area contributed by atoms with Gasteiger partial charge in [0.2, 0.25) is 5.91 Å². The van der Waals surface area contributed by atoms with Gasteiger partial charge in [0.15, 0.2) is 27.3 Å². The number of ether oxygens (including phenoxy) is 2. The smallest absolute Gasteiger partial charge is 0.335 e. The summed E-state index contributed by atoms with van der Waals surface area (Å²) in [4.78, 5) is 51.1. The Labute approximate surface area is 406 Å². The Morgan fingerprint density at radius 3 is 1.96 bits per heavy atom. The average Bonchev–Trinajstić information content (AvgIpc) is 3.69. The zero-order chi connectivity index (χ0) is 51.7. The molecule has 0 atom stereocenters. The summed E-state index contributed by atoms with van der Waals surface area (Å²) >= 11 is 0.734. The lowest BCUT2D eigenvalue weighted by Gasteiger charge is -2.17. The summed E-state index contributed by atoms with van der Waals surface area (Å²) in [6.45, 7) is 1.45. The Balaban J connectivity index is 1.55. The molecule has 24 nitrogen and oxygen atoms in total. The maximum Gasteiger partial charge on any atom is 0.335 e. The third-order valence-corrected chi connectivity index (χ3v) is 12.3. The van der Waals surface area contributed by atoms with Crippen molar-refractivity contribution in [2.75, 3.05) is 30.2 Å². The highest BCUT2D eigenvalue weighted by Gasteiger charge is 2.25. The number of aromatic nitrogens is 1. The predicted molar refractivity (Wildman–Crippen MR) is 253 cm³/mol. The number of amides is 1. The van der Waals surface area contributed by atoms with Crippen LogP contribution in [0.15, 0.2) is 109 Å². The summed E-state index contributed by atoms with van der Waals surface area (Å²) in [5, 5.41) is 74.9. The number of benzene rings is 4. The fourth-order valence-electron chi connectivity index (χ4n) is 6.50. The summed E-state index contributed by atoms with van der Waals surface area (Å²) in [6.07, 6.45) is -0.811. The normalized spacial score (nSPS) is 11.3. The molecule has 1 amide bonds. The lowest BCUT2D eigenvalue weighted by molar-refractivity contribution is -0.138. The van der Waals surface area contributed by atoms with Crippen LogP contribution in [0.2, 0.25) is 0 Å². The van der Waals surface area contributed by atoms with Crippen LogP contribution < -0.4 is 25.4 Å². The predicted octanol–water partition coefficient (Wildman–Crippen LogP) is 8.61. The molecule has 4 aromatic carbocycles. The summed E-state index contributed by atoms with van der Waals surface area (Å²) in [6, 6.07) is 20.7. The van der Waals surface area contributed by atoms with Gasteiger partial charge in [0.25, 0.3) is 10.1 Å². The molecular formula is C44H34N10O14S3. The number of thiol groups is 1. The first-order valence-corrected chi connectivity index (χ1v) is 23.3. The number of carbonyl (C=O) groups excluding carboxylic acids is 1. The second-order valence-corrected chi connectivity index (χ2v) is 17.7. The second-order valence-electron chi connectivity index (χ2n) is 14.4. The number of pyridine rings is 1. The quantitative estimate of drug-likeness (QED) is 0.0214. The minimum absolute atomic E-state index is 0.0144. The molecule has 6 aromatic rings. The maximum atomic E-state index is 12.6. The molecule has 0 spiro atoms. The summed E-state index contributed by atoms with van der Waals surface area (Å²) in [5.74, 6) is -5.30. The van der Waals surface area contributed by atoms with E-state index in [1.54, 1.807) is 0 Å². The molecule has 2 aromatic heterocycles. The summed E-state index contributed by atoms with van der Waals surface area (Å²) in [7, 11) is -5.56. The van der Waals surface area contributed by atoms with E-state index < -0.39 is 67.1 Å². The molecule has 0 saturated heterocycles. The molecule has 7 N–H and O–H groups in total. The van der Waals surface area contributed by atoms with Crippen LogP contribution in [0.1, 0.15) is 50.2 Å². The zero-order valence-corrected chi connectivity index (χ0v) is 39.2. The van der Waals surface area contributed by atoms with Crippen molar-refractivity contribution in [3.8, 4) is 34.8 Å². The van der Waals surface area contributed by atoms with Crippen LogP contribution >= 0.6 is 11.3 Å². The minimum atomic E-state index is -4.82. The molecule has 0 radical (unpaired) electrons. The standard InChI is InChI=1S/C44H34N10O14S3/c1-21-29(19-45)39(48-27-8-10-32(68-3)34(18-27)71(64,65)66)50-40(49-26-7-9-31(67-2)33(17-26)70(62)63)38(21)52-53-41-30(20-46)37(22-5-4-6-25(14-22)47-35(55)11-12-36(56)57)42(69-41)54-51-28-15-23(43(58)59)13-24(16-28)44(60)61/h4-10,13-18,70H,11-12H2,1-3H3,(H,47,55)(H,56,57)(H,58,59)(H,60,61)(H2,48,49,50)(H,64,65,66).